The maximum atomic E-state index is 13.2. The molecule has 2 N–H and O–H groups in total. The highest BCUT2D eigenvalue weighted by molar-refractivity contribution is 6.46. The minimum Gasteiger partial charge on any atom is -0.507 e. The number of amides is 1. The zero-order valence-electron chi connectivity index (χ0n) is 14.8. The molecule has 1 fully saturated rings. The summed E-state index contributed by atoms with van der Waals surface area (Å²) in [4.78, 5) is 37.3. The molecule has 1 atom stereocenters. The Hall–Kier alpha value is -3.48. The standard InChI is InChI=1S/C21H18FNO5/c22-15-10-8-14(9-11-15)19(26)17-18(13-5-2-1-3-6-13)23(21(28)20(17)27)12-4-7-16(24)25/h1-3,5-6,8-11,18,26H,4,7,12H2,(H,24,25)/b19-17+/t18-/m1/s1. The average Bonchev–Trinajstić information content (AvgIpc) is 2.93. The second-order valence-corrected chi connectivity index (χ2v) is 6.41. The van der Waals surface area contributed by atoms with Crippen molar-refractivity contribution in [1.29, 1.82) is 0 Å². The van der Waals surface area contributed by atoms with E-state index in [1.165, 1.54) is 17.0 Å². The van der Waals surface area contributed by atoms with Crippen molar-refractivity contribution in [2.24, 2.45) is 0 Å². The van der Waals surface area contributed by atoms with E-state index in [4.69, 9.17) is 5.11 Å². The number of likely N-dealkylation sites (tertiary alicyclic amines) is 1. The predicted molar refractivity (Wildman–Crippen MR) is 98.7 cm³/mol. The Morgan fingerprint density at radius 2 is 1.64 bits per heavy atom. The van der Waals surface area contributed by atoms with Crippen molar-refractivity contribution in [3.63, 3.8) is 0 Å². The number of rotatable bonds is 6. The molecule has 144 valence electrons. The summed E-state index contributed by atoms with van der Waals surface area (Å²) in [5.74, 6) is -3.55. The molecular weight excluding hydrogens is 365 g/mol. The molecule has 0 radical (unpaired) electrons. The van der Waals surface area contributed by atoms with Gasteiger partial charge in [-0.1, -0.05) is 30.3 Å². The lowest BCUT2D eigenvalue weighted by Gasteiger charge is -2.25. The Bertz CT molecular complexity index is 937. The highest BCUT2D eigenvalue weighted by atomic mass is 19.1. The summed E-state index contributed by atoms with van der Waals surface area (Å²) in [7, 11) is 0. The van der Waals surface area contributed by atoms with Gasteiger partial charge in [-0.15, -0.1) is 0 Å². The number of aliphatic hydroxyl groups is 1. The van der Waals surface area contributed by atoms with Crippen LogP contribution in [0.25, 0.3) is 5.76 Å². The van der Waals surface area contributed by atoms with Gasteiger partial charge in [0, 0.05) is 18.5 Å². The number of carboxylic acids is 1. The van der Waals surface area contributed by atoms with E-state index < -0.39 is 35.3 Å². The number of ketones is 1. The van der Waals surface area contributed by atoms with Crippen molar-refractivity contribution < 1.29 is 29.0 Å². The first-order chi connectivity index (χ1) is 13.4. The Morgan fingerprint density at radius 1 is 1.00 bits per heavy atom. The molecule has 7 heteroatoms. The topological polar surface area (TPSA) is 94.9 Å². The second kappa shape index (κ2) is 8.04. The molecule has 0 spiro atoms. The zero-order chi connectivity index (χ0) is 20.3. The lowest BCUT2D eigenvalue weighted by atomic mass is 9.95. The van der Waals surface area contributed by atoms with E-state index in [1.54, 1.807) is 30.3 Å². The van der Waals surface area contributed by atoms with E-state index in [0.29, 0.717) is 5.56 Å². The van der Waals surface area contributed by atoms with Crippen molar-refractivity contribution in [2.75, 3.05) is 6.54 Å². The lowest BCUT2D eigenvalue weighted by molar-refractivity contribution is -0.140. The summed E-state index contributed by atoms with van der Waals surface area (Å²) in [6.45, 7) is 0.0522. The van der Waals surface area contributed by atoms with Gasteiger partial charge in [-0.25, -0.2) is 4.39 Å². The minimum atomic E-state index is -1.00. The van der Waals surface area contributed by atoms with Crippen LogP contribution in [0.2, 0.25) is 0 Å². The van der Waals surface area contributed by atoms with Crippen molar-refractivity contribution in [2.45, 2.75) is 18.9 Å². The molecule has 28 heavy (non-hydrogen) atoms. The summed E-state index contributed by atoms with van der Waals surface area (Å²) in [5, 5.41) is 19.6. The molecule has 2 aromatic carbocycles. The van der Waals surface area contributed by atoms with Crippen LogP contribution in [0, 0.1) is 5.82 Å². The summed E-state index contributed by atoms with van der Waals surface area (Å²) >= 11 is 0. The second-order valence-electron chi connectivity index (χ2n) is 6.41. The van der Waals surface area contributed by atoms with Crippen LogP contribution < -0.4 is 0 Å². The monoisotopic (exact) mass is 383 g/mol. The van der Waals surface area contributed by atoms with Crippen molar-refractivity contribution in [3.05, 3.63) is 77.1 Å². The van der Waals surface area contributed by atoms with E-state index in [9.17, 15) is 23.9 Å². The van der Waals surface area contributed by atoms with Gasteiger partial charge in [0.05, 0.1) is 11.6 Å². The van der Waals surface area contributed by atoms with Crippen molar-refractivity contribution in [3.8, 4) is 0 Å². The number of aliphatic carboxylic acids is 1. The van der Waals surface area contributed by atoms with Gasteiger partial charge in [-0.05, 0) is 36.2 Å². The van der Waals surface area contributed by atoms with Gasteiger partial charge in [-0.3, -0.25) is 14.4 Å². The highest BCUT2D eigenvalue weighted by Crippen LogP contribution is 2.39. The summed E-state index contributed by atoms with van der Waals surface area (Å²) < 4.78 is 13.2. The van der Waals surface area contributed by atoms with Gasteiger partial charge in [0.1, 0.15) is 11.6 Å². The number of halogens is 1. The molecule has 6 nitrogen and oxygen atoms in total. The lowest BCUT2D eigenvalue weighted by Crippen LogP contribution is -2.31. The molecular formula is C21H18FNO5. The quantitative estimate of drug-likeness (QED) is 0.454. The van der Waals surface area contributed by atoms with Crippen LogP contribution in [0.5, 0.6) is 0 Å². The third-order valence-corrected chi connectivity index (χ3v) is 4.56. The number of hydrogen-bond donors (Lipinski definition) is 2. The Balaban J connectivity index is 2.07. The van der Waals surface area contributed by atoms with E-state index >= 15 is 0 Å². The molecule has 1 saturated heterocycles. The first-order valence-electron chi connectivity index (χ1n) is 8.71. The Morgan fingerprint density at radius 3 is 2.25 bits per heavy atom. The molecule has 2 aromatic rings. The van der Waals surface area contributed by atoms with Gasteiger partial charge in [0.15, 0.2) is 0 Å². The summed E-state index contributed by atoms with van der Waals surface area (Å²) in [6.07, 6.45) is 0.0186. The molecule has 0 unspecified atom stereocenters. The molecule has 3 rings (SSSR count). The number of Topliss-reactive ketones (excluding diaryl/α,β-unsaturated/α-hetero) is 1. The molecule has 0 saturated carbocycles. The van der Waals surface area contributed by atoms with E-state index in [-0.39, 0.29) is 30.5 Å². The van der Waals surface area contributed by atoms with Crippen LogP contribution in [-0.4, -0.2) is 39.3 Å². The smallest absolute Gasteiger partial charge is 0.303 e. The maximum Gasteiger partial charge on any atom is 0.303 e. The van der Waals surface area contributed by atoms with Crippen LogP contribution in [0.1, 0.15) is 30.0 Å². The molecule has 0 bridgehead atoms. The molecule has 1 aliphatic rings. The van der Waals surface area contributed by atoms with Gasteiger partial charge >= 0.3 is 5.97 Å². The third-order valence-electron chi connectivity index (χ3n) is 4.56. The number of carbonyl (C=O) groups is 3. The number of benzene rings is 2. The van der Waals surface area contributed by atoms with E-state index in [0.717, 1.165) is 12.1 Å². The van der Waals surface area contributed by atoms with Crippen LogP contribution in [-0.2, 0) is 14.4 Å². The number of carbonyl (C=O) groups excluding carboxylic acids is 2. The number of hydrogen-bond acceptors (Lipinski definition) is 4. The SMILES string of the molecule is O=C(O)CCCN1C(=O)C(=O)/C(=C(/O)c2ccc(F)cc2)[C@H]1c1ccccc1. The average molecular weight is 383 g/mol. The van der Waals surface area contributed by atoms with Gasteiger partial charge in [0.2, 0.25) is 0 Å². The third kappa shape index (κ3) is 3.78. The minimum absolute atomic E-state index is 0.0522. The zero-order valence-corrected chi connectivity index (χ0v) is 14.8. The maximum absolute atomic E-state index is 13.2. The molecule has 0 aromatic heterocycles. The van der Waals surface area contributed by atoms with E-state index in [1.807, 2.05) is 0 Å². The van der Waals surface area contributed by atoms with Crippen LogP contribution >= 0.6 is 0 Å². The van der Waals surface area contributed by atoms with Gasteiger partial charge in [0.25, 0.3) is 11.7 Å². The number of nitrogens with zero attached hydrogens (tertiary/aromatic N) is 1. The molecule has 0 aliphatic carbocycles. The van der Waals surface area contributed by atoms with Crippen molar-refractivity contribution in [1.82, 2.24) is 4.90 Å². The van der Waals surface area contributed by atoms with Crippen LogP contribution in [0.15, 0.2) is 60.2 Å². The summed E-state index contributed by atoms with van der Waals surface area (Å²) in [5.41, 5.74) is 0.727. The number of aliphatic hydroxyl groups excluding tert-OH is 1. The molecule has 1 heterocycles. The molecule has 1 aliphatic heterocycles. The molecule has 1 amide bonds. The fourth-order valence-electron chi connectivity index (χ4n) is 3.26. The van der Waals surface area contributed by atoms with Gasteiger partial charge in [-0.2, -0.15) is 0 Å². The highest BCUT2D eigenvalue weighted by Gasteiger charge is 2.45. The van der Waals surface area contributed by atoms with E-state index in [2.05, 4.69) is 0 Å². The van der Waals surface area contributed by atoms with Crippen LogP contribution in [0.3, 0.4) is 0 Å². The summed E-state index contributed by atoms with van der Waals surface area (Å²) in [6, 6.07) is 12.8. The fourth-order valence-corrected chi connectivity index (χ4v) is 3.26. The first kappa shape index (κ1) is 19.3. The Kier molecular flexibility index (Phi) is 5.54. The normalized spacial score (nSPS) is 18.5. The largest absolute Gasteiger partial charge is 0.507 e. The van der Waals surface area contributed by atoms with Crippen molar-refractivity contribution >= 4 is 23.4 Å². The predicted octanol–water partition coefficient (Wildman–Crippen LogP) is 3.11. The van der Waals surface area contributed by atoms with Crippen LogP contribution in [0.4, 0.5) is 4.39 Å². The van der Waals surface area contributed by atoms with Gasteiger partial charge < -0.3 is 15.1 Å². The number of carboxylic acid groups (broad SMARTS) is 1. The first-order valence-corrected chi connectivity index (χ1v) is 8.71. The Labute approximate surface area is 160 Å². The fraction of sp³-hybridized carbons (Fsp3) is 0.190.